The number of halogens is 3. The van der Waals surface area contributed by atoms with E-state index in [4.69, 9.17) is 4.74 Å². The van der Waals surface area contributed by atoms with Crippen LogP contribution in [0.25, 0.3) is 0 Å². The van der Waals surface area contributed by atoms with Crippen molar-refractivity contribution in [2.45, 2.75) is 19.7 Å². The average molecular weight is 311 g/mol. The molecule has 2 aromatic rings. The van der Waals surface area contributed by atoms with E-state index >= 15 is 0 Å². The van der Waals surface area contributed by atoms with E-state index in [9.17, 15) is 13.2 Å². The Balaban J connectivity index is 1.97. The first kappa shape index (κ1) is 16.2. The topological polar surface area (TPSA) is 30.5 Å². The van der Waals surface area contributed by atoms with Gasteiger partial charge in [-0.25, -0.2) is 4.39 Å². The van der Waals surface area contributed by atoms with Gasteiger partial charge in [0.25, 0.3) is 0 Å². The highest BCUT2D eigenvalue weighted by Crippen LogP contribution is 2.29. The number of methoxy groups -OCH3 is 1. The SMILES string of the molecule is COc1ccc(CNCc2cccc(F)c2)cc1OC(F)F. The molecular weight excluding hydrogens is 295 g/mol. The van der Waals surface area contributed by atoms with Crippen molar-refractivity contribution in [2.75, 3.05) is 7.11 Å². The molecular formula is C16H16F3NO2. The van der Waals surface area contributed by atoms with Crippen LogP contribution < -0.4 is 14.8 Å². The fourth-order valence-electron chi connectivity index (χ4n) is 2.02. The molecule has 3 nitrogen and oxygen atoms in total. The Morgan fingerprint density at radius 3 is 2.36 bits per heavy atom. The molecule has 0 spiro atoms. The number of nitrogens with one attached hydrogen (secondary N) is 1. The molecule has 6 heteroatoms. The maximum atomic E-state index is 13.0. The first-order valence-electron chi connectivity index (χ1n) is 6.65. The van der Waals surface area contributed by atoms with E-state index in [1.807, 2.05) is 0 Å². The summed E-state index contributed by atoms with van der Waals surface area (Å²) >= 11 is 0. The average Bonchev–Trinajstić information content (AvgIpc) is 2.47. The molecule has 0 aromatic heterocycles. The van der Waals surface area contributed by atoms with Gasteiger partial charge in [0.15, 0.2) is 11.5 Å². The van der Waals surface area contributed by atoms with E-state index in [2.05, 4.69) is 10.1 Å². The minimum absolute atomic E-state index is 0.0115. The lowest BCUT2D eigenvalue weighted by atomic mass is 10.2. The summed E-state index contributed by atoms with van der Waals surface area (Å²) in [5.41, 5.74) is 1.56. The molecule has 0 aliphatic rings. The molecule has 22 heavy (non-hydrogen) atoms. The second-order valence-electron chi connectivity index (χ2n) is 4.60. The molecule has 2 aromatic carbocycles. The number of hydrogen-bond acceptors (Lipinski definition) is 3. The normalized spacial score (nSPS) is 10.8. The zero-order valence-electron chi connectivity index (χ0n) is 12.0. The third-order valence-corrected chi connectivity index (χ3v) is 2.99. The van der Waals surface area contributed by atoms with E-state index < -0.39 is 6.61 Å². The van der Waals surface area contributed by atoms with Crippen molar-refractivity contribution in [3.63, 3.8) is 0 Å². The van der Waals surface area contributed by atoms with Crippen LogP contribution >= 0.6 is 0 Å². The fraction of sp³-hybridized carbons (Fsp3) is 0.250. The van der Waals surface area contributed by atoms with Gasteiger partial charge in [-0.05, 0) is 35.4 Å². The van der Waals surface area contributed by atoms with Gasteiger partial charge in [-0.15, -0.1) is 0 Å². The molecule has 1 N–H and O–H groups in total. The van der Waals surface area contributed by atoms with E-state index in [-0.39, 0.29) is 17.3 Å². The van der Waals surface area contributed by atoms with E-state index in [1.165, 1.54) is 25.3 Å². The Morgan fingerprint density at radius 1 is 1.00 bits per heavy atom. The van der Waals surface area contributed by atoms with Crippen molar-refractivity contribution < 1.29 is 22.6 Å². The van der Waals surface area contributed by atoms with Crippen LogP contribution in [0.4, 0.5) is 13.2 Å². The van der Waals surface area contributed by atoms with Gasteiger partial charge in [-0.2, -0.15) is 8.78 Å². The summed E-state index contributed by atoms with van der Waals surface area (Å²) in [6.45, 7) is -2.01. The maximum absolute atomic E-state index is 13.0. The summed E-state index contributed by atoms with van der Waals surface area (Å²) in [7, 11) is 1.38. The van der Waals surface area contributed by atoms with Crippen LogP contribution in [-0.4, -0.2) is 13.7 Å². The second-order valence-corrected chi connectivity index (χ2v) is 4.60. The monoisotopic (exact) mass is 311 g/mol. The lowest BCUT2D eigenvalue weighted by Gasteiger charge is -2.12. The van der Waals surface area contributed by atoms with Gasteiger partial charge in [0.1, 0.15) is 5.82 Å². The van der Waals surface area contributed by atoms with Crippen molar-refractivity contribution in [1.29, 1.82) is 0 Å². The van der Waals surface area contributed by atoms with Gasteiger partial charge in [0.2, 0.25) is 0 Å². The van der Waals surface area contributed by atoms with Crippen molar-refractivity contribution in [1.82, 2.24) is 5.32 Å². The van der Waals surface area contributed by atoms with Gasteiger partial charge in [0, 0.05) is 13.1 Å². The van der Waals surface area contributed by atoms with Crippen LogP contribution in [0.5, 0.6) is 11.5 Å². The molecule has 0 heterocycles. The predicted molar refractivity (Wildman–Crippen MR) is 76.6 cm³/mol. The zero-order valence-corrected chi connectivity index (χ0v) is 12.0. The van der Waals surface area contributed by atoms with Crippen molar-refractivity contribution in [3.8, 4) is 11.5 Å². The Hall–Kier alpha value is -2.21. The first-order chi connectivity index (χ1) is 10.6. The molecule has 118 valence electrons. The third-order valence-electron chi connectivity index (χ3n) is 2.99. The minimum Gasteiger partial charge on any atom is -0.493 e. The molecule has 0 saturated carbocycles. The van der Waals surface area contributed by atoms with Crippen LogP contribution in [0, 0.1) is 5.82 Å². The highest BCUT2D eigenvalue weighted by Gasteiger charge is 2.11. The van der Waals surface area contributed by atoms with Gasteiger partial charge in [-0.3, -0.25) is 0 Å². The fourth-order valence-corrected chi connectivity index (χ4v) is 2.02. The Labute approximate surface area is 126 Å². The Morgan fingerprint density at radius 2 is 1.73 bits per heavy atom. The molecule has 2 rings (SSSR count). The van der Waals surface area contributed by atoms with Crippen LogP contribution in [0.15, 0.2) is 42.5 Å². The number of alkyl halides is 2. The summed E-state index contributed by atoms with van der Waals surface area (Å²) in [6.07, 6.45) is 0. The number of hydrogen-bond donors (Lipinski definition) is 1. The quantitative estimate of drug-likeness (QED) is 0.845. The van der Waals surface area contributed by atoms with E-state index in [0.717, 1.165) is 11.1 Å². The van der Waals surface area contributed by atoms with Gasteiger partial charge >= 0.3 is 6.61 Å². The van der Waals surface area contributed by atoms with Crippen molar-refractivity contribution in [3.05, 3.63) is 59.4 Å². The highest BCUT2D eigenvalue weighted by atomic mass is 19.3. The van der Waals surface area contributed by atoms with Crippen LogP contribution in [-0.2, 0) is 13.1 Å². The summed E-state index contributed by atoms with van der Waals surface area (Å²) in [4.78, 5) is 0. The molecule has 0 amide bonds. The predicted octanol–water partition coefficient (Wildman–Crippen LogP) is 3.73. The van der Waals surface area contributed by atoms with Gasteiger partial charge < -0.3 is 14.8 Å². The summed E-state index contributed by atoms with van der Waals surface area (Å²) in [5.74, 6) is -0.0619. The molecule has 0 aliphatic heterocycles. The van der Waals surface area contributed by atoms with Gasteiger partial charge in [0.05, 0.1) is 7.11 Å². The molecule has 0 unspecified atom stereocenters. The first-order valence-corrected chi connectivity index (χ1v) is 6.65. The summed E-state index contributed by atoms with van der Waals surface area (Å²) in [5, 5.41) is 3.11. The Bertz CT molecular complexity index is 620. The minimum atomic E-state index is -2.91. The molecule has 0 aliphatic carbocycles. The number of rotatable bonds is 7. The van der Waals surface area contributed by atoms with Crippen molar-refractivity contribution >= 4 is 0 Å². The van der Waals surface area contributed by atoms with Gasteiger partial charge in [-0.1, -0.05) is 18.2 Å². The van der Waals surface area contributed by atoms with Crippen LogP contribution in [0.2, 0.25) is 0 Å². The molecule has 0 bridgehead atoms. The standard InChI is InChI=1S/C16H16F3NO2/c1-21-14-6-5-12(8-15(14)22-16(18)19)10-20-9-11-3-2-4-13(17)7-11/h2-8,16,20H,9-10H2,1H3. The molecule has 0 atom stereocenters. The van der Waals surface area contributed by atoms with Crippen LogP contribution in [0.1, 0.15) is 11.1 Å². The molecule has 0 radical (unpaired) electrons. The highest BCUT2D eigenvalue weighted by molar-refractivity contribution is 5.43. The number of benzene rings is 2. The lowest BCUT2D eigenvalue weighted by Crippen LogP contribution is -2.13. The lowest BCUT2D eigenvalue weighted by molar-refractivity contribution is -0.0512. The number of ether oxygens (including phenoxy) is 2. The van der Waals surface area contributed by atoms with E-state index in [1.54, 1.807) is 24.3 Å². The summed E-state index contributed by atoms with van der Waals surface area (Å²) < 4.78 is 47.1. The van der Waals surface area contributed by atoms with E-state index in [0.29, 0.717) is 13.1 Å². The largest absolute Gasteiger partial charge is 0.493 e. The smallest absolute Gasteiger partial charge is 0.387 e. The van der Waals surface area contributed by atoms with Crippen molar-refractivity contribution in [2.24, 2.45) is 0 Å². The second kappa shape index (κ2) is 7.70. The summed E-state index contributed by atoms with van der Waals surface area (Å²) in [6, 6.07) is 11.0. The molecule has 0 fully saturated rings. The van der Waals surface area contributed by atoms with Crippen LogP contribution in [0.3, 0.4) is 0 Å². The maximum Gasteiger partial charge on any atom is 0.387 e. The third kappa shape index (κ3) is 4.66. The molecule has 0 saturated heterocycles. The Kier molecular flexibility index (Phi) is 5.66. The zero-order chi connectivity index (χ0) is 15.9.